The van der Waals surface area contributed by atoms with E-state index >= 15 is 0 Å². The third-order valence-electron chi connectivity index (χ3n) is 5.58. The summed E-state index contributed by atoms with van der Waals surface area (Å²) in [6, 6.07) is 4.16. The molecular formula is C23H30BrN3O6S. The molecule has 186 valence electrons. The lowest BCUT2D eigenvalue weighted by Crippen LogP contribution is -2.60. The molecule has 2 fully saturated rings. The van der Waals surface area contributed by atoms with Gasteiger partial charge in [0.1, 0.15) is 18.4 Å². The SMILES string of the molecule is CCCCOc1ccc(C(=O)NC(=S)N2CCNC(=O)C2CC(=O)OCC2CCCO2)cc1Br. The summed E-state index contributed by atoms with van der Waals surface area (Å²) in [5.41, 5.74) is 0.381. The lowest BCUT2D eigenvalue weighted by molar-refractivity contribution is -0.150. The van der Waals surface area contributed by atoms with Gasteiger partial charge < -0.3 is 24.4 Å². The van der Waals surface area contributed by atoms with Crippen molar-refractivity contribution in [3.8, 4) is 5.75 Å². The van der Waals surface area contributed by atoms with E-state index in [9.17, 15) is 14.4 Å². The maximum absolute atomic E-state index is 12.8. The number of carbonyl (C=O) groups is 3. The highest BCUT2D eigenvalue weighted by molar-refractivity contribution is 9.10. The second kappa shape index (κ2) is 13.0. The molecule has 9 nitrogen and oxygen atoms in total. The molecule has 1 aromatic carbocycles. The van der Waals surface area contributed by atoms with Crippen molar-refractivity contribution in [2.45, 2.75) is 51.2 Å². The fourth-order valence-electron chi connectivity index (χ4n) is 3.67. The summed E-state index contributed by atoms with van der Waals surface area (Å²) in [5.74, 6) is -0.620. The van der Waals surface area contributed by atoms with E-state index in [0.29, 0.717) is 42.1 Å². The third-order valence-corrected chi connectivity index (χ3v) is 6.53. The van der Waals surface area contributed by atoms with Crippen LogP contribution in [-0.2, 0) is 19.1 Å². The number of hydrogen-bond donors (Lipinski definition) is 2. The summed E-state index contributed by atoms with van der Waals surface area (Å²) in [5, 5.41) is 5.48. The van der Waals surface area contributed by atoms with E-state index in [2.05, 4.69) is 33.5 Å². The predicted molar refractivity (Wildman–Crippen MR) is 133 cm³/mol. The molecule has 2 aliphatic rings. The number of nitrogens with zero attached hydrogens (tertiary/aromatic N) is 1. The number of benzene rings is 1. The minimum Gasteiger partial charge on any atom is -0.492 e. The maximum Gasteiger partial charge on any atom is 0.308 e. The standard InChI is InChI=1S/C23H30BrN3O6S/c1-2-3-10-32-19-7-6-15(12-17(19)24)21(29)26-23(34)27-9-8-25-22(30)18(27)13-20(28)33-14-16-5-4-11-31-16/h6-7,12,16,18H,2-5,8-11,13-14H2,1H3,(H,25,30)(H,26,29,34). The van der Waals surface area contributed by atoms with E-state index in [1.807, 2.05) is 0 Å². The number of nitrogens with one attached hydrogen (secondary N) is 2. The van der Waals surface area contributed by atoms with E-state index in [0.717, 1.165) is 25.7 Å². The van der Waals surface area contributed by atoms with Crippen LogP contribution in [0.2, 0.25) is 0 Å². The van der Waals surface area contributed by atoms with Gasteiger partial charge in [-0.2, -0.15) is 0 Å². The van der Waals surface area contributed by atoms with Gasteiger partial charge in [-0.1, -0.05) is 13.3 Å². The summed E-state index contributed by atoms with van der Waals surface area (Å²) in [6.45, 7) is 4.23. The lowest BCUT2D eigenvalue weighted by Gasteiger charge is -2.36. The molecule has 0 radical (unpaired) electrons. The highest BCUT2D eigenvalue weighted by Gasteiger charge is 2.34. The Balaban J connectivity index is 1.57. The average molecular weight is 556 g/mol. The van der Waals surface area contributed by atoms with Crippen LogP contribution >= 0.6 is 28.1 Å². The van der Waals surface area contributed by atoms with Crippen molar-refractivity contribution in [1.82, 2.24) is 15.5 Å². The summed E-state index contributed by atoms with van der Waals surface area (Å²) >= 11 is 8.85. The van der Waals surface area contributed by atoms with Crippen LogP contribution in [0.3, 0.4) is 0 Å². The van der Waals surface area contributed by atoms with Crippen LogP contribution in [0.1, 0.15) is 49.4 Å². The molecule has 2 saturated heterocycles. The molecule has 2 amide bonds. The van der Waals surface area contributed by atoms with Crippen molar-refractivity contribution in [2.75, 3.05) is 32.9 Å². The number of ether oxygens (including phenoxy) is 3. The highest BCUT2D eigenvalue weighted by Crippen LogP contribution is 2.26. The quantitative estimate of drug-likeness (QED) is 0.272. The molecule has 2 aliphatic heterocycles. The van der Waals surface area contributed by atoms with E-state index in [-0.39, 0.29) is 30.2 Å². The Morgan fingerprint density at radius 1 is 1.38 bits per heavy atom. The van der Waals surface area contributed by atoms with Gasteiger partial charge >= 0.3 is 5.97 Å². The first-order valence-corrected chi connectivity index (χ1v) is 12.7. The second-order valence-electron chi connectivity index (χ2n) is 8.13. The number of halogens is 1. The Morgan fingerprint density at radius 3 is 2.91 bits per heavy atom. The van der Waals surface area contributed by atoms with Gasteiger partial charge in [0.05, 0.1) is 23.6 Å². The molecule has 0 aliphatic carbocycles. The van der Waals surface area contributed by atoms with Gasteiger partial charge in [0.25, 0.3) is 5.91 Å². The number of thiocarbonyl (C=S) groups is 1. The molecule has 11 heteroatoms. The molecule has 0 bridgehead atoms. The number of amides is 2. The number of piperazine rings is 1. The summed E-state index contributed by atoms with van der Waals surface area (Å²) in [7, 11) is 0. The van der Waals surface area contributed by atoms with Crippen molar-refractivity contribution in [3.63, 3.8) is 0 Å². The molecule has 2 atom stereocenters. The summed E-state index contributed by atoms with van der Waals surface area (Å²) < 4.78 is 17.1. The zero-order chi connectivity index (χ0) is 24.5. The van der Waals surface area contributed by atoms with Crippen LogP contribution in [0, 0.1) is 0 Å². The number of rotatable bonds is 9. The normalized spacial score (nSPS) is 19.9. The predicted octanol–water partition coefficient (Wildman–Crippen LogP) is 2.56. The van der Waals surface area contributed by atoms with E-state index in [1.54, 1.807) is 23.1 Å². The van der Waals surface area contributed by atoms with Crippen LogP contribution in [0.25, 0.3) is 0 Å². The van der Waals surface area contributed by atoms with E-state index < -0.39 is 17.9 Å². The smallest absolute Gasteiger partial charge is 0.308 e. The summed E-state index contributed by atoms with van der Waals surface area (Å²) in [4.78, 5) is 39.2. The minimum atomic E-state index is -0.861. The largest absolute Gasteiger partial charge is 0.492 e. The van der Waals surface area contributed by atoms with Gasteiger partial charge in [-0.3, -0.25) is 19.7 Å². The molecule has 1 aromatic rings. The van der Waals surface area contributed by atoms with Crippen molar-refractivity contribution >= 4 is 51.0 Å². The number of carbonyl (C=O) groups excluding carboxylic acids is 3. The Hall–Kier alpha value is -2.24. The first kappa shape index (κ1) is 26.4. The van der Waals surface area contributed by atoms with Crippen molar-refractivity contribution < 1.29 is 28.6 Å². The molecule has 2 unspecified atom stereocenters. The molecular weight excluding hydrogens is 526 g/mol. The Bertz CT molecular complexity index is 909. The third kappa shape index (κ3) is 7.38. The molecule has 0 spiro atoms. The van der Waals surface area contributed by atoms with Gasteiger partial charge in [0, 0.05) is 25.3 Å². The Kier molecular flexibility index (Phi) is 10.1. The van der Waals surface area contributed by atoms with Crippen LogP contribution in [0.5, 0.6) is 5.75 Å². The zero-order valence-electron chi connectivity index (χ0n) is 19.1. The van der Waals surface area contributed by atoms with Gasteiger partial charge in [-0.25, -0.2) is 0 Å². The number of esters is 1. The average Bonchev–Trinajstić information content (AvgIpc) is 3.34. The van der Waals surface area contributed by atoms with Gasteiger partial charge in [-0.15, -0.1) is 0 Å². The first-order chi connectivity index (χ1) is 16.4. The Labute approximate surface area is 213 Å². The fraction of sp³-hybridized carbons (Fsp3) is 0.565. The summed E-state index contributed by atoms with van der Waals surface area (Å²) in [6.07, 6.45) is 3.49. The van der Waals surface area contributed by atoms with Gasteiger partial charge in [-0.05, 0) is 65.6 Å². The molecule has 2 N–H and O–H groups in total. The molecule has 34 heavy (non-hydrogen) atoms. The monoisotopic (exact) mass is 555 g/mol. The van der Waals surface area contributed by atoms with Crippen LogP contribution in [0.15, 0.2) is 22.7 Å². The first-order valence-electron chi connectivity index (χ1n) is 11.5. The Morgan fingerprint density at radius 2 is 2.21 bits per heavy atom. The minimum absolute atomic E-state index is 0.0798. The van der Waals surface area contributed by atoms with Crippen molar-refractivity contribution in [1.29, 1.82) is 0 Å². The number of hydrogen-bond acceptors (Lipinski definition) is 7. The molecule has 3 rings (SSSR count). The van der Waals surface area contributed by atoms with Crippen LogP contribution < -0.4 is 15.4 Å². The highest BCUT2D eigenvalue weighted by atomic mass is 79.9. The maximum atomic E-state index is 12.8. The van der Waals surface area contributed by atoms with Crippen molar-refractivity contribution in [3.05, 3.63) is 28.2 Å². The van der Waals surface area contributed by atoms with E-state index in [4.69, 9.17) is 26.4 Å². The molecule has 0 aromatic heterocycles. The van der Waals surface area contributed by atoms with Gasteiger partial charge in [0.2, 0.25) is 5.91 Å². The fourth-order valence-corrected chi connectivity index (χ4v) is 4.47. The zero-order valence-corrected chi connectivity index (χ0v) is 21.5. The topological polar surface area (TPSA) is 106 Å². The van der Waals surface area contributed by atoms with Gasteiger partial charge in [0.15, 0.2) is 5.11 Å². The number of unbranched alkanes of at least 4 members (excludes halogenated alkanes) is 1. The molecule has 0 saturated carbocycles. The van der Waals surface area contributed by atoms with Crippen molar-refractivity contribution in [2.24, 2.45) is 0 Å². The lowest BCUT2D eigenvalue weighted by atomic mass is 10.1. The van der Waals surface area contributed by atoms with Crippen LogP contribution in [0.4, 0.5) is 0 Å². The van der Waals surface area contributed by atoms with E-state index in [1.165, 1.54) is 0 Å². The van der Waals surface area contributed by atoms with Crippen LogP contribution in [-0.4, -0.2) is 72.9 Å². The second-order valence-corrected chi connectivity index (χ2v) is 9.37. The molecule has 2 heterocycles.